The van der Waals surface area contributed by atoms with E-state index in [4.69, 9.17) is 33.1 Å². The van der Waals surface area contributed by atoms with Crippen LogP contribution in [-0.4, -0.2) is 78.1 Å². The van der Waals surface area contributed by atoms with E-state index in [-0.39, 0.29) is 23.5 Å². The van der Waals surface area contributed by atoms with E-state index < -0.39 is 12.1 Å². The Balaban J connectivity index is 0.000000755. The molecule has 2 aliphatic rings. The quantitative estimate of drug-likeness (QED) is 0.224. The summed E-state index contributed by atoms with van der Waals surface area (Å²) in [6, 6.07) is 21.0. The molecule has 0 radical (unpaired) electrons. The van der Waals surface area contributed by atoms with Gasteiger partial charge >= 0.3 is 12.1 Å². The Bertz CT molecular complexity index is 1700. The van der Waals surface area contributed by atoms with Crippen LogP contribution in [0.15, 0.2) is 66.7 Å². The number of rotatable bonds is 9. The smallest absolute Gasteiger partial charge is 0.475 e. The van der Waals surface area contributed by atoms with Gasteiger partial charge in [-0.05, 0) is 118 Å². The molecule has 0 bridgehead atoms. The minimum atomic E-state index is -5.08. The molecule has 51 heavy (non-hydrogen) atoms. The van der Waals surface area contributed by atoms with Crippen LogP contribution < -0.4 is 4.90 Å². The first kappa shape index (κ1) is 39.6. The second kappa shape index (κ2) is 18.4. The molecule has 2 fully saturated rings. The molecule has 2 heterocycles. The van der Waals surface area contributed by atoms with E-state index in [9.17, 15) is 32.4 Å². The van der Waals surface area contributed by atoms with Crippen molar-refractivity contribution in [3.05, 3.63) is 99.3 Å². The van der Waals surface area contributed by atoms with Gasteiger partial charge in [0, 0.05) is 36.8 Å². The van der Waals surface area contributed by atoms with E-state index in [0.29, 0.717) is 59.6 Å². The van der Waals surface area contributed by atoms with Crippen LogP contribution in [0.2, 0.25) is 10.0 Å². The molecule has 0 aromatic heterocycles. The average molecular weight is 750 g/mol. The maximum absolute atomic E-state index is 13.9. The van der Waals surface area contributed by atoms with E-state index in [0.717, 1.165) is 51.0 Å². The highest BCUT2D eigenvalue weighted by Gasteiger charge is 2.38. The van der Waals surface area contributed by atoms with Gasteiger partial charge in [0.15, 0.2) is 0 Å². The summed E-state index contributed by atoms with van der Waals surface area (Å²) in [5, 5.41) is 17.2. The number of aliphatic carboxylic acids is 1. The second-order valence-electron chi connectivity index (χ2n) is 12.6. The van der Waals surface area contributed by atoms with Gasteiger partial charge in [0.1, 0.15) is 5.82 Å². The number of alkyl halides is 3. The molecule has 3 aromatic carbocycles. The topological polar surface area (TPSA) is 105 Å². The van der Waals surface area contributed by atoms with Crippen LogP contribution in [0.3, 0.4) is 0 Å². The molecule has 0 atom stereocenters. The fourth-order valence-electron chi connectivity index (χ4n) is 6.29. The van der Waals surface area contributed by atoms with Crippen molar-refractivity contribution in [2.45, 2.75) is 44.7 Å². The van der Waals surface area contributed by atoms with E-state index in [2.05, 4.69) is 11.0 Å². The summed E-state index contributed by atoms with van der Waals surface area (Å²) in [6.45, 7) is 4.43. The molecule has 0 unspecified atom stereocenters. The molecule has 2 amide bonds. The fourth-order valence-corrected chi connectivity index (χ4v) is 6.59. The van der Waals surface area contributed by atoms with E-state index in [1.807, 2.05) is 23.1 Å². The lowest BCUT2D eigenvalue weighted by Gasteiger charge is -2.35. The molecule has 3 aromatic rings. The number of carbonyl (C=O) groups is 3. The van der Waals surface area contributed by atoms with E-state index in [1.54, 1.807) is 41.3 Å². The number of anilines is 1. The highest BCUT2D eigenvalue weighted by molar-refractivity contribution is 6.42. The molecule has 14 heteroatoms. The number of carboxylic acids is 1. The molecule has 0 spiro atoms. The van der Waals surface area contributed by atoms with Crippen molar-refractivity contribution in [2.75, 3.05) is 44.2 Å². The lowest BCUT2D eigenvalue weighted by atomic mass is 9.90. The van der Waals surface area contributed by atoms with Crippen LogP contribution >= 0.6 is 23.2 Å². The first-order valence-electron chi connectivity index (χ1n) is 16.6. The Morgan fingerprint density at radius 2 is 1.55 bits per heavy atom. The molecule has 272 valence electrons. The van der Waals surface area contributed by atoms with Crippen LogP contribution in [0.25, 0.3) is 0 Å². The van der Waals surface area contributed by atoms with Crippen molar-refractivity contribution in [1.29, 1.82) is 5.26 Å². The first-order valence-corrected chi connectivity index (χ1v) is 17.3. The highest BCUT2D eigenvalue weighted by atomic mass is 35.5. The normalized spacial score (nSPS) is 15.7. The molecule has 2 saturated heterocycles. The summed E-state index contributed by atoms with van der Waals surface area (Å²) >= 11 is 12.5. The maximum Gasteiger partial charge on any atom is 0.490 e. The Labute approximate surface area is 304 Å². The highest BCUT2D eigenvalue weighted by Crippen LogP contribution is 2.30. The van der Waals surface area contributed by atoms with Crippen LogP contribution in [0.1, 0.15) is 53.6 Å². The number of benzene rings is 3. The number of halogens is 6. The van der Waals surface area contributed by atoms with Gasteiger partial charge in [0.2, 0.25) is 5.91 Å². The number of hydrogen-bond acceptors (Lipinski definition) is 5. The first-order chi connectivity index (χ1) is 24.2. The Kier molecular flexibility index (Phi) is 14.3. The predicted octanol–water partition coefficient (Wildman–Crippen LogP) is 7.87. The number of carboxylic acid groups (broad SMARTS) is 1. The number of hydrogen-bond donors (Lipinski definition) is 1. The van der Waals surface area contributed by atoms with Crippen LogP contribution in [0, 0.1) is 29.0 Å². The molecule has 2 aliphatic heterocycles. The third kappa shape index (κ3) is 11.7. The summed E-state index contributed by atoms with van der Waals surface area (Å²) < 4.78 is 45.0. The van der Waals surface area contributed by atoms with Crippen LogP contribution in [0.5, 0.6) is 0 Å². The molecule has 1 N–H and O–H groups in total. The summed E-state index contributed by atoms with van der Waals surface area (Å²) in [6.07, 6.45) is 0.0607. The van der Waals surface area contributed by atoms with E-state index >= 15 is 0 Å². The second-order valence-corrected chi connectivity index (χ2v) is 13.4. The number of piperidine rings is 2. The third-order valence-corrected chi connectivity index (χ3v) is 9.83. The summed E-state index contributed by atoms with van der Waals surface area (Å²) in [4.78, 5) is 41.9. The average Bonchev–Trinajstić information content (AvgIpc) is 3.12. The van der Waals surface area contributed by atoms with Gasteiger partial charge in [-0.2, -0.15) is 18.4 Å². The molecule has 0 aliphatic carbocycles. The van der Waals surface area contributed by atoms with Crippen molar-refractivity contribution in [3.63, 3.8) is 0 Å². The molecule has 0 saturated carbocycles. The van der Waals surface area contributed by atoms with Gasteiger partial charge in [0.25, 0.3) is 5.91 Å². The molecular formula is C37H38Cl2F4N4O4. The minimum Gasteiger partial charge on any atom is -0.475 e. The van der Waals surface area contributed by atoms with Gasteiger partial charge in [0.05, 0.1) is 21.7 Å². The zero-order valence-corrected chi connectivity index (χ0v) is 29.2. The van der Waals surface area contributed by atoms with Crippen molar-refractivity contribution in [1.82, 2.24) is 9.80 Å². The van der Waals surface area contributed by atoms with Crippen molar-refractivity contribution in [3.8, 4) is 6.07 Å². The number of carbonyl (C=O) groups excluding carboxylic acids is 2. The maximum atomic E-state index is 13.9. The predicted molar refractivity (Wildman–Crippen MR) is 186 cm³/mol. The third-order valence-electron chi connectivity index (χ3n) is 9.09. The standard InChI is InChI=1S/C35H37Cl2FN4O2.C2HF3O2/c36-32-10-9-31(23-33(32)37)42(16-2-15-40-17-11-26(12-18-40)21-25-5-7-30(38)8-6-25)35(44)28-13-19-41(20-14-28)34(43)29-4-1-3-27(22-29)24-39;3-2(4,5)1(6)7/h1,3-10,22-23,26,28H,2,11-21H2;(H,6,7). The minimum absolute atomic E-state index is 0.0416. The van der Waals surface area contributed by atoms with Crippen LogP contribution in [0.4, 0.5) is 23.2 Å². The summed E-state index contributed by atoms with van der Waals surface area (Å²) in [7, 11) is 0. The lowest BCUT2D eigenvalue weighted by Crippen LogP contribution is -2.45. The van der Waals surface area contributed by atoms with Gasteiger partial charge in [-0.3, -0.25) is 9.59 Å². The monoisotopic (exact) mass is 748 g/mol. The van der Waals surface area contributed by atoms with Crippen LogP contribution in [-0.2, 0) is 16.0 Å². The number of likely N-dealkylation sites (tertiary alicyclic amines) is 2. The number of nitriles is 1. The van der Waals surface area contributed by atoms with Gasteiger partial charge < -0.3 is 19.8 Å². The fraction of sp³-hybridized carbons (Fsp3) is 0.405. The molecule has 5 rings (SSSR count). The Morgan fingerprint density at radius 3 is 2.14 bits per heavy atom. The lowest BCUT2D eigenvalue weighted by molar-refractivity contribution is -0.192. The van der Waals surface area contributed by atoms with Crippen molar-refractivity contribution >= 4 is 46.7 Å². The van der Waals surface area contributed by atoms with Gasteiger partial charge in [-0.15, -0.1) is 0 Å². The summed E-state index contributed by atoms with van der Waals surface area (Å²) in [5.41, 5.74) is 2.86. The summed E-state index contributed by atoms with van der Waals surface area (Å²) in [5.74, 6) is -2.64. The van der Waals surface area contributed by atoms with Gasteiger partial charge in [-0.25, -0.2) is 9.18 Å². The molecular weight excluding hydrogens is 711 g/mol. The number of amides is 2. The van der Waals surface area contributed by atoms with E-state index in [1.165, 1.54) is 17.7 Å². The zero-order valence-electron chi connectivity index (χ0n) is 27.7. The van der Waals surface area contributed by atoms with Crippen molar-refractivity contribution in [2.24, 2.45) is 11.8 Å². The Hall–Kier alpha value is -4.18. The van der Waals surface area contributed by atoms with Gasteiger partial charge in [-0.1, -0.05) is 41.4 Å². The number of nitrogens with zero attached hydrogens (tertiary/aromatic N) is 4. The Morgan fingerprint density at radius 1 is 0.902 bits per heavy atom. The zero-order chi connectivity index (χ0) is 37.1. The largest absolute Gasteiger partial charge is 0.490 e. The molecule has 8 nitrogen and oxygen atoms in total. The van der Waals surface area contributed by atoms with Crippen molar-refractivity contribution < 1.29 is 37.1 Å². The SMILES string of the molecule is N#Cc1cccc(C(=O)N2CCC(C(=O)N(CCCN3CCC(Cc4ccc(F)cc4)CC3)c3ccc(Cl)c(Cl)c3)CC2)c1.O=C(O)C(F)(F)F.